The Hall–Kier alpha value is -1.75. The number of carbonyl (C=O) groups is 1. The molecule has 0 radical (unpaired) electrons. The number of carboxylic acids is 1. The molecule has 1 N–H and O–H groups in total. The minimum Gasteiger partial charge on any atom is -0.476 e. The lowest BCUT2D eigenvalue weighted by molar-refractivity contribution is 0.0690. The normalized spacial score (nSPS) is 10.1. The summed E-state index contributed by atoms with van der Waals surface area (Å²) in [6, 6.07) is 7.45. The van der Waals surface area contributed by atoms with Crippen LogP contribution in [0.4, 0.5) is 0 Å². The highest BCUT2D eigenvalue weighted by Gasteiger charge is 2.07. The summed E-state index contributed by atoms with van der Waals surface area (Å²) in [6.45, 7) is 0. The van der Waals surface area contributed by atoms with Crippen molar-refractivity contribution in [3.63, 3.8) is 0 Å². The highest BCUT2D eigenvalue weighted by Crippen LogP contribution is 2.20. The van der Waals surface area contributed by atoms with E-state index in [9.17, 15) is 4.79 Å². The van der Waals surface area contributed by atoms with Gasteiger partial charge in [-0.1, -0.05) is 28.1 Å². The van der Waals surface area contributed by atoms with Crippen molar-refractivity contribution in [1.82, 2.24) is 9.97 Å². The van der Waals surface area contributed by atoms with Crippen LogP contribution < -0.4 is 0 Å². The third-order valence-corrected chi connectivity index (χ3v) is 2.47. The lowest BCUT2D eigenvalue weighted by Gasteiger charge is -2.01. The van der Waals surface area contributed by atoms with Crippen molar-refractivity contribution < 1.29 is 9.90 Å². The van der Waals surface area contributed by atoms with E-state index in [1.165, 1.54) is 12.4 Å². The minimum absolute atomic E-state index is 0.0579. The molecule has 0 spiro atoms. The van der Waals surface area contributed by atoms with E-state index in [0.29, 0.717) is 5.69 Å². The topological polar surface area (TPSA) is 63.1 Å². The van der Waals surface area contributed by atoms with E-state index < -0.39 is 5.97 Å². The predicted molar refractivity (Wildman–Crippen MR) is 62.1 cm³/mol. The molecule has 16 heavy (non-hydrogen) atoms. The molecule has 0 unspecified atom stereocenters. The van der Waals surface area contributed by atoms with Crippen LogP contribution in [0.25, 0.3) is 11.3 Å². The summed E-state index contributed by atoms with van der Waals surface area (Å²) in [4.78, 5) is 18.6. The van der Waals surface area contributed by atoms with E-state index >= 15 is 0 Å². The monoisotopic (exact) mass is 278 g/mol. The molecule has 0 aliphatic rings. The highest BCUT2D eigenvalue weighted by atomic mass is 79.9. The largest absolute Gasteiger partial charge is 0.476 e. The first-order valence-electron chi connectivity index (χ1n) is 4.48. The van der Waals surface area contributed by atoms with E-state index in [4.69, 9.17) is 5.11 Å². The zero-order valence-corrected chi connectivity index (χ0v) is 9.68. The molecule has 1 heterocycles. The maximum absolute atomic E-state index is 10.7. The third-order valence-electron chi connectivity index (χ3n) is 1.97. The number of hydrogen-bond donors (Lipinski definition) is 1. The molecule has 0 amide bonds. The van der Waals surface area contributed by atoms with Crippen molar-refractivity contribution in [2.75, 3.05) is 0 Å². The smallest absolute Gasteiger partial charge is 0.356 e. The van der Waals surface area contributed by atoms with Crippen molar-refractivity contribution in [1.29, 1.82) is 0 Å². The summed E-state index contributed by atoms with van der Waals surface area (Å²) < 4.78 is 0.910. The first kappa shape index (κ1) is 10.8. The van der Waals surface area contributed by atoms with Gasteiger partial charge in [-0.3, -0.25) is 4.98 Å². The fourth-order valence-corrected chi connectivity index (χ4v) is 1.66. The summed E-state index contributed by atoms with van der Waals surface area (Å²) in [5.74, 6) is -1.08. The highest BCUT2D eigenvalue weighted by molar-refractivity contribution is 9.10. The quantitative estimate of drug-likeness (QED) is 0.917. The van der Waals surface area contributed by atoms with Crippen LogP contribution in [0.3, 0.4) is 0 Å². The summed E-state index contributed by atoms with van der Waals surface area (Å²) in [5.41, 5.74) is 1.31. The molecule has 80 valence electrons. The van der Waals surface area contributed by atoms with Gasteiger partial charge in [0, 0.05) is 10.0 Å². The second-order valence-electron chi connectivity index (χ2n) is 3.11. The van der Waals surface area contributed by atoms with Crippen molar-refractivity contribution in [2.45, 2.75) is 0 Å². The number of aromatic nitrogens is 2. The fraction of sp³-hybridized carbons (Fsp3) is 0. The lowest BCUT2D eigenvalue weighted by atomic mass is 10.1. The zero-order chi connectivity index (χ0) is 11.5. The minimum atomic E-state index is -1.08. The maximum atomic E-state index is 10.7. The van der Waals surface area contributed by atoms with Crippen LogP contribution in [-0.4, -0.2) is 21.0 Å². The number of aromatic carboxylic acids is 1. The van der Waals surface area contributed by atoms with E-state index in [1.54, 1.807) is 0 Å². The van der Waals surface area contributed by atoms with Crippen molar-refractivity contribution >= 4 is 21.9 Å². The molecule has 0 bridgehead atoms. The SMILES string of the molecule is O=C(O)c1cncc(-c2cccc(Br)c2)n1. The third kappa shape index (κ3) is 2.25. The molecule has 2 aromatic rings. The predicted octanol–water partition coefficient (Wildman–Crippen LogP) is 2.60. The molecule has 0 saturated heterocycles. The molecule has 2 rings (SSSR count). The Bertz CT molecular complexity index is 543. The number of halogens is 1. The molecule has 0 aliphatic carbocycles. The Labute approximate surface area is 100 Å². The second-order valence-corrected chi connectivity index (χ2v) is 4.02. The standard InChI is InChI=1S/C11H7BrN2O2/c12-8-3-1-2-7(4-8)9-5-13-6-10(14-9)11(15)16/h1-6H,(H,15,16). The molecule has 1 aromatic carbocycles. The van der Waals surface area contributed by atoms with Crippen molar-refractivity contribution in [3.05, 3.63) is 46.8 Å². The van der Waals surface area contributed by atoms with Gasteiger partial charge >= 0.3 is 5.97 Å². The van der Waals surface area contributed by atoms with Gasteiger partial charge in [0.15, 0.2) is 5.69 Å². The van der Waals surface area contributed by atoms with Crippen LogP contribution in [-0.2, 0) is 0 Å². The molecule has 0 atom stereocenters. The van der Waals surface area contributed by atoms with Gasteiger partial charge < -0.3 is 5.11 Å². The summed E-state index contributed by atoms with van der Waals surface area (Å²) in [6.07, 6.45) is 2.76. The lowest BCUT2D eigenvalue weighted by Crippen LogP contribution is -2.01. The van der Waals surface area contributed by atoms with Gasteiger partial charge in [-0.15, -0.1) is 0 Å². The van der Waals surface area contributed by atoms with Crippen LogP contribution in [0.1, 0.15) is 10.5 Å². The number of rotatable bonds is 2. The second kappa shape index (κ2) is 4.40. The van der Waals surface area contributed by atoms with Crippen molar-refractivity contribution in [2.24, 2.45) is 0 Å². The molecule has 1 aromatic heterocycles. The summed E-state index contributed by atoms with van der Waals surface area (Å²) in [7, 11) is 0. The van der Waals surface area contributed by atoms with Gasteiger partial charge in [0.25, 0.3) is 0 Å². The molecule has 0 saturated carbocycles. The average Bonchev–Trinajstić information content (AvgIpc) is 2.29. The van der Waals surface area contributed by atoms with E-state index in [1.807, 2.05) is 24.3 Å². The molecule has 0 aliphatic heterocycles. The van der Waals surface area contributed by atoms with Gasteiger partial charge in [-0.25, -0.2) is 9.78 Å². The first-order valence-corrected chi connectivity index (χ1v) is 5.27. The number of carboxylic acid groups (broad SMARTS) is 1. The van der Waals surface area contributed by atoms with Gasteiger partial charge in [-0.2, -0.15) is 0 Å². The van der Waals surface area contributed by atoms with Crippen LogP contribution in [0.5, 0.6) is 0 Å². The van der Waals surface area contributed by atoms with E-state index in [2.05, 4.69) is 25.9 Å². The van der Waals surface area contributed by atoms with Gasteiger partial charge in [0.2, 0.25) is 0 Å². The number of hydrogen-bond acceptors (Lipinski definition) is 3. The zero-order valence-electron chi connectivity index (χ0n) is 8.09. The Balaban J connectivity index is 2.48. The number of benzene rings is 1. The summed E-state index contributed by atoms with van der Waals surface area (Å²) in [5, 5.41) is 8.80. The molecule has 0 fully saturated rings. The van der Waals surface area contributed by atoms with Gasteiger partial charge in [0.1, 0.15) is 0 Å². The Kier molecular flexibility index (Phi) is 2.96. The molecular formula is C11H7BrN2O2. The Morgan fingerprint density at radius 3 is 2.81 bits per heavy atom. The molecular weight excluding hydrogens is 272 g/mol. The van der Waals surface area contributed by atoms with Crippen LogP contribution in [0, 0.1) is 0 Å². The molecule has 4 nitrogen and oxygen atoms in total. The Morgan fingerprint density at radius 2 is 2.12 bits per heavy atom. The van der Waals surface area contributed by atoms with E-state index in [-0.39, 0.29) is 5.69 Å². The molecule has 5 heteroatoms. The number of nitrogens with zero attached hydrogens (tertiary/aromatic N) is 2. The maximum Gasteiger partial charge on any atom is 0.356 e. The van der Waals surface area contributed by atoms with Crippen LogP contribution in [0.2, 0.25) is 0 Å². The first-order chi connectivity index (χ1) is 7.66. The van der Waals surface area contributed by atoms with Crippen LogP contribution in [0.15, 0.2) is 41.1 Å². The fourth-order valence-electron chi connectivity index (χ4n) is 1.26. The van der Waals surface area contributed by atoms with Crippen molar-refractivity contribution in [3.8, 4) is 11.3 Å². The van der Waals surface area contributed by atoms with Gasteiger partial charge in [-0.05, 0) is 12.1 Å². The summed E-state index contributed by atoms with van der Waals surface area (Å²) >= 11 is 3.34. The van der Waals surface area contributed by atoms with Gasteiger partial charge in [0.05, 0.1) is 18.1 Å². The van der Waals surface area contributed by atoms with Crippen LogP contribution >= 0.6 is 15.9 Å². The average molecular weight is 279 g/mol. The Morgan fingerprint density at radius 1 is 1.31 bits per heavy atom. The van der Waals surface area contributed by atoms with E-state index in [0.717, 1.165) is 10.0 Å².